The molecule has 0 aliphatic carbocycles. The smallest absolute Gasteiger partial charge is 0.131 e. The number of rotatable bonds is 7. The zero-order valence-electron chi connectivity index (χ0n) is 12.3. The van der Waals surface area contributed by atoms with E-state index in [1.165, 1.54) is 5.56 Å². The molecule has 0 aliphatic rings. The lowest BCUT2D eigenvalue weighted by atomic mass is 10.1. The lowest BCUT2D eigenvalue weighted by molar-refractivity contribution is 0.295. The van der Waals surface area contributed by atoms with Gasteiger partial charge < -0.3 is 10.1 Å². The highest BCUT2D eigenvalue weighted by Crippen LogP contribution is 2.25. The minimum atomic E-state index is 0.295. The molecule has 108 valence electrons. The van der Waals surface area contributed by atoms with E-state index < -0.39 is 0 Å². The summed E-state index contributed by atoms with van der Waals surface area (Å²) < 4.78 is 5.94. The molecular formula is C16H22N2OS. The fourth-order valence-corrected chi connectivity index (χ4v) is 2.66. The molecule has 0 bridgehead atoms. The average Bonchev–Trinajstić information content (AvgIpc) is 2.88. The third kappa shape index (κ3) is 4.05. The Bertz CT molecular complexity index is 539. The monoisotopic (exact) mass is 290 g/mol. The van der Waals surface area contributed by atoms with Gasteiger partial charge in [0.05, 0.1) is 10.7 Å². The maximum absolute atomic E-state index is 5.94. The average molecular weight is 290 g/mol. The van der Waals surface area contributed by atoms with Crippen LogP contribution >= 0.6 is 11.3 Å². The minimum absolute atomic E-state index is 0.295. The fourth-order valence-electron chi connectivity index (χ4n) is 2.07. The largest absolute Gasteiger partial charge is 0.487 e. The van der Waals surface area contributed by atoms with Gasteiger partial charge in [-0.2, -0.15) is 0 Å². The van der Waals surface area contributed by atoms with Gasteiger partial charge in [0.1, 0.15) is 12.4 Å². The molecule has 1 heterocycles. The van der Waals surface area contributed by atoms with Crippen LogP contribution < -0.4 is 10.1 Å². The second kappa shape index (κ2) is 7.41. The molecule has 1 aromatic carbocycles. The lowest BCUT2D eigenvalue weighted by Gasteiger charge is -2.17. The number of nitrogens with zero attached hydrogens (tertiary/aromatic N) is 1. The van der Waals surface area contributed by atoms with E-state index in [1.807, 2.05) is 19.1 Å². The van der Waals surface area contributed by atoms with Gasteiger partial charge in [-0.15, -0.1) is 11.3 Å². The molecule has 3 nitrogen and oxygen atoms in total. The van der Waals surface area contributed by atoms with Crippen molar-refractivity contribution in [1.82, 2.24) is 10.3 Å². The fraction of sp³-hybridized carbons (Fsp3) is 0.438. The van der Waals surface area contributed by atoms with Gasteiger partial charge in [-0.05, 0) is 32.9 Å². The summed E-state index contributed by atoms with van der Waals surface area (Å²) in [6, 6.07) is 8.51. The first-order valence-corrected chi connectivity index (χ1v) is 7.94. The standard InChI is InChI=1S/C16H22N2OS/c1-4-9-17-12(2)15-7-5-6-8-16(15)19-10-14-11-20-13(3)18-14/h5-8,11-12,17H,4,9-10H2,1-3H3. The molecule has 0 spiro atoms. The van der Waals surface area contributed by atoms with E-state index in [0.29, 0.717) is 12.6 Å². The first-order chi connectivity index (χ1) is 9.70. The van der Waals surface area contributed by atoms with Crippen molar-refractivity contribution in [2.24, 2.45) is 0 Å². The van der Waals surface area contributed by atoms with Crippen molar-refractivity contribution in [3.05, 3.63) is 45.9 Å². The molecule has 2 rings (SSSR count). The highest BCUT2D eigenvalue weighted by atomic mass is 32.1. The normalized spacial score (nSPS) is 12.3. The Morgan fingerprint density at radius 2 is 2.15 bits per heavy atom. The van der Waals surface area contributed by atoms with Crippen LogP contribution in [0.4, 0.5) is 0 Å². The number of aromatic nitrogens is 1. The van der Waals surface area contributed by atoms with Gasteiger partial charge in [-0.3, -0.25) is 0 Å². The molecular weight excluding hydrogens is 268 g/mol. The molecule has 1 aromatic heterocycles. The van der Waals surface area contributed by atoms with Gasteiger partial charge in [0.15, 0.2) is 0 Å². The summed E-state index contributed by atoms with van der Waals surface area (Å²) >= 11 is 1.66. The zero-order valence-corrected chi connectivity index (χ0v) is 13.2. The number of hydrogen-bond acceptors (Lipinski definition) is 4. The van der Waals surface area contributed by atoms with E-state index in [1.54, 1.807) is 11.3 Å². The molecule has 4 heteroatoms. The Balaban J connectivity index is 2.03. The number of aryl methyl sites for hydroxylation is 1. The van der Waals surface area contributed by atoms with E-state index in [2.05, 4.69) is 41.7 Å². The van der Waals surface area contributed by atoms with Crippen LogP contribution in [0.1, 0.15) is 42.6 Å². The number of thiazole rings is 1. The third-order valence-electron chi connectivity index (χ3n) is 3.13. The van der Waals surface area contributed by atoms with Gasteiger partial charge >= 0.3 is 0 Å². The number of benzene rings is 1. The Morgan fingerprint density at radius 3 is 2.85 bits per heavy atom. The van der Waals surface area contributed by atoms with Crippen molar-refractivity contribution >= 4 is 11.3 Å². The Hall–Kier alpha value is -1.39. The van der Waals surface area contributed by atoms with Crippen LogP contribution in [0.15, 0.2) is 29.6 Å². The molecule has 20 heavy (non-hydrogen) atoms. The van der Waals surface area contributed by atoms with Crippen LogP contribution in [-0.2, 0) is 6.61 Å². The lowest BCUT2D eigenvalue weighted by Crippen LogP contribution is -2.20. The summed E-state index contributed by atoms with van der Waals surface area (Å²) in [5.41, 5.74) is 2.20. The van der Waals surface area contributed by atoms with Crippen molar-refractivity contribution in [2.45, 2.75) is 39.8 Å². The van der Waals surface area contributed by atoms with Crippen molar-refractivity contribution in [1.29, 1.82) is 0 Å². The maximum atomic E-state index is 5.94. The molecule has 0 aliphatic heterocycles. The molecule has 1 unspecified atom stereocenters. The van der Waals surface area contributed by atoms with Gasteiger partial charge in [0, 0.05) is 17.0 Å². The number of nitrogens with one attached hydrogen (secondary N) is 1. The van der Waals surface area contributed by atoms with Gasteiger partial charge in [-0.1, -0.05) is 25.1 Å². The summed E-state index contributed by atoms with van der Waals surface area (Å²) in [6.07, 6.45) is 1.13. The Kier molecular flexibility index (Phi) is 5.56. The Labute approximate surface area is 125 Å². The van der Waals surface area contributed by atoms with Crippen molar-refractivity contribution < 1.29 is 4.74 Å². The van der Waals surface area contributed by atoms with Crippen LogP contribution in [-0.4, -0.2) is 11.5 Å². The third-order valence-corrected chi connectivity index (χ3v) is 3.95. The van der Waals surface area contributed by atoms with Crippen molar-refractivity contribution in [3.8, 4) is 5.75 Å². The van der Waals surface area contributed by atoms with E-state index in [9.17, 15) is 0 Å². The highest BCUT2D eigenvalue weighted by molar-refractivity contribution is 7.09. The number of hydrogen-bond donors (Lipinski definition) is 1. The van der Waals surface area contributed by atoms with E-state index in [4.69, 9.17) is 4.74 Å². The highest BCUT2D eigenvalue weighted by Gasteiger charge is 2.11. The molecule has 1 N–H and O–H groups in total. The molecule has 0 fully saturated rings. The first kappa shape index (κ1) is 15.0. The molecule has 0 amide bonds. The quantitative estimate of drug-likeness (QED) is 0.834. The molecule has 0 radical (unpaired) electrons. The summed E-state index contributed by atoms with van der Waals surface area (Å²) in [5, 5.41) is 6.63. The molecule has 1 atom stereocenters. The second-order valence-electron chi connectivity index (χ2n) is 4.86. The molecule has 0 saturated carbocycles. The van der Waals surface area contributed by atoms with Crippen LogP contribution in [0.3, 0.4) is 0 Å². The van der Waals surface area contributed by atoms with Crippen molar-refractivity contribution in [3.63, 3.8) is 0 Å². The SMILES string of the molecule is CCCNC(C)c1ccccc1OCc1csc(C)n1. The first-order valence-electron chi connectivity index (χ1n) is 7.06. The minimum Gasteiger partial charge on any atom is -0.487 e. The topological polar surface area (TPSA) is 34.1 Å². The van der Waals surface area contributed by atoms with Gasteiger partial charge in [-0.25, -0.2) is 4.98 Å². The molecule has 0 saturated heterocycles. The van der Waals surface area contributed by atoms with Crippen LogP contribution in [0.25, 0.3) is 0 Å². The zero-order chi connectivity index (χ0) is 14.4. The van der Waals surface area contributed by atoms with E-state index >= 15 is 0 Å². The number of ether oxygens (including phenoxy) is 1. The van der Waals surface area contributed by atoms with Crippen LogP contribution in [0.2, 0.25) is 0 Å². The summed E-state index contributed by atoms with van der Waals surface area (Å²) in [5.74, 6) is 0.939. The van der Waals surface area contributed by atoms with Gasteiger partial charge in [0.25, 0.3) is 0 Å². The van der Waals surface area contributed by atoms with Crippen LogP contribution in [0, 0.1) is 6.92 Å². The predicted octanol–water partition coefficient (Wildman–Crippen LogP) is 4.09. The molecule has 2 aromatic rings. The van der Waals surface area contributed by atoms with E-state index in [-0.39, 0.29) is 0 Å². The summed E-state index contributed by atoms with van der Waals surface area (Å²) in [6.45, 7) is 7.90. The van der Waals surface area contributed by atoms with Crippen molar-refractivity contribution in [2.75, 3.05) is 6.54 Å². The Morgan fingerprint density at radius 1 is 1.35 bits per heavy atom. The second-order valence-corrected chi connectivity index (χ2v) is 5.92. The summed E-state index contributed by atoms with van der Waals surface area (Å²) in [4.78, 5) is 4.43. The van der Waals surface area contributed by atoms with Crippen LogP contribution in [0.5, 0.6) is 5.75 Å². The number of para-hydroxylation sites is 1. The maximum Gasteiger partial charge on any atom is 0.131 e. The van der Waals surface area contributed by atoms with E-state index in [0.717, 1.165) is 29.4 Å². The summed E-state index contributed by atoms with van der Waals surface area (Å²) in [7, 11) is 0. The predicted molar refractivity (Wildman–Crippen MR) is 84.3 cm³/mol. The van der Waals surface area contributed by atoms with Gasteiger partial charge in [0.2, 0.25) is 0 Å².